The van der Waals surface area contributed by atoms with E-state index < -0.39 is 11.3 Å². The third-order valence-electron chi connectivity index (χ3n) is 3.13. The summed E-state index contributed by atoms with van der Waals surface area (Å²) in [5.41, 5.74) is -0.106. The van der Waals surface area contributed by atoms with Crippen LogP contribution in [-0.2, 0) is 4.79 Å². The molecule has 0 bridgehead atoms. The van der Waals surface area contributed by atoms with Gasteiger partial charge in [-0.05, 0) is 0 Å². The molecule has 0 aromatic carbocycles. The summed E-state index contributed by atoms with van der Waals surface area (Å²) in [5.74, 6) is -0.100. The van der Waals surface area contributed by atoms with Gasteiger partial charge in [-0.15, -0.1) is 11.8 Å². The van der Waals surface area contributed by atoms with Crippen molar-refractivity contribution in [1.82, 2.24) is 4.90 Å². The van der Waals surface area contributed by atoms with E-state index >= 15 is 0 Å². The van der Waals surface area contributed by atoms with Gasteiger partial charge in [0, 0.05) is 17.7 Å². The first-order valence-corrected chi connectivity index (χ1v) is 6.01. The Morgan fingerprint density at radius 2 is 2.19 bits per heavy atom. The van der Waals surface area contributed by atoms with Gasteiger partial charge in [-0.1, -0.05) is 13.8 Å². The summed E-state index contributed by atoms with van der Waals surface area (Å²) in [5, 5.41) is 19.1. The summed E-state index contributed by atoms with van der Waals surface area (Å²) in [6, 6.07) is 4.20. The lowest BCUT2D eigenvalue weighted by atomic mass is 9.71. The molecule has 0 aromatic rings. The first-order valence-electron chi connectivity index (χ1n) is 5.02. The SMILES string of the molecule is CC1(C)C(C#N)=C2SCCN2C(=O)[C@@H]1C#N. The van der Waals surface area contributed by atoms with Crippen LogP contribution in [0.3, 0.4) is 0 Å². The number of amides is 1. The van der Waals surface area contributed by atoms with E-state index in [1.807, 2.05) is 6.07 Å². The van der Waals surface area contributed by atoms with Crippen molar-refractivity contribution in [3.05, 3.63) is 10.6 Å². The summed E-state index contributed by atoms with van der Waals surface area (Å²) in [6.07, 6.45) is 0. The van der Waals surface area contributed by atoms with Crippen LogP contribution in [0.25, 0.3) is 0 Å². The van der Waals surface area contributed by atoms with Gasteiger partial charge in [0.25, 0.3) is 0 Å². The second-order valence-corrected chi connectivity index (χ2v) is 5.50. The lowest BCUT2D eigenvalue weighted by molar-refractivity contribution is -0.134. The maximum absolute atomic E-state index is 12.1. The van der Waals surface area contributed by atoms with Gasteiger partial charge in [0.15, 0.2) is 0 Å². The Balaban J connectivity index is 2.63. The van der Waals surface area contributed by atoms with Crippen molar-refractivity contribution >= 4 is 17.7 Å². The number of hydrogen-bond acceptors (Lipinski definition) is 4. The molecule has 1 fully saturated rings. The van der Waals surface area contributed by atoms with Gasteiger partial charge in [0.1, 0.15) is 5.92 Å². The summed E-state index contributed by atoms with van der Waals surface area (Å²) in [7, 11) is 0. The topological polar surface area (TPSA) is 67.9 Å². The molecule has 2 heterocycles. The molecule has 1 amide bonds. The second kappa shape index (κ2) is 3.54. The predicted molar refractivity (Wildman–Crippen MR) is 59.7 cm³/mol. The average Bonchev–Trinajstić information content (AvgIpc) is 2.66. The van der Waals surface area contributed by atoms with Crippen LogP contribution >= 0.6 is 11.8 Å². The molecule has 16 heavy (non-hydrogen) atoms. The lowest BCUT2D eigenvalue weighted by Crippen LogP contribution is -2.45. The van der Waals surface area contributed by atoms with Crippen molar-refractivity contribution in [3.8, 4) is 12.1 Å². The number of hydrogen-bond donors (Lipinski definition) is 0. The number of nitrogens with zero attached hydrogens (tertiary/aromatic N) is 3. The lowest BCUT2D eigenvalue weighted by Gasteiger charge is -2.37. The fourth-order valence-corrected chi connectivity index (χ4v) is 3.38. The van der Waals surface area contributed by atoms with E-state index in [2.05, 4.69) is 6.07 Å². The molecule has 2 rings (SSSR count). The Kier molecular flexibility index (Phi) is 2.44. The van der Waals surface area contributed by atoms with E-state index in [0.29, 0.717) is 12.1 Å². The molecule has 1 atom stereocenters. The molecule has 0 aromatic heterocycles. The Hall–Kier alpha value is -1.46. The Bertz CT molecular complexity index is 467. The third-order valence-corrected chi connectivity index (χ3v) is 4.22. The van der Waals surface area contributed by atoms with Crippen LogP contribution in [0.5, 0.6) is 0 Å². The summed E-state index contributed by atoms with van der Waals surface area (Å²) in [6.45, 7) is 4.19. The van der Waals surface area contributed by atoms with Crippen molar-refractivity contribution in [3.63, 3.8) is 0 Å². The third kappa shape index (κ3) is 1.25. The van der Waals surface area contributed by atoms with Gasteiger partial charge in [0.2, 0.25) is 5.91 Å². The minimum Gasteiger partial charge on any atom is -0.304 e. The van der Waals surface area contributed by atoms with E-state index in [9.17, 15) is 10.1 Å². The highest BCUT2D eigenvalue weighted by molar-refractivity contribution is 8.03. The largest absolute Gasteiger partial charge is 0.304 e. The Morgan fingerprint density at radius 3 is 2.75 bits per heavy atom. The molecule has 0 N–H and O–H groups in total. The number of carbonyl (C=O) groups is 1. The standard InChI is InChI=1S/C11H11N3OS/c1-11(2)7(5-12)9(15)14-3-4-16-10(14)8(11)6-13/h7H,3-4H2,1-2H3/t7-/m0/s1. The molecule has 0 saturated carbocycles. The molecular weight excluding hydrogens is 222 g/mol. The number of fused-ring (bicyclic) bond motifs is 1. The average molecular weight is 233 g/mol. The van der Waals surface area contributed by atoms with Crippen LogP contribution in [0.15, 0.2) is 10.6 Å². The molecule has 0 spiro atoms. The molecule has 0 radical (unpaired) electrons. The van der Waals surface area contributed by atoms with Crippen molar-refractivity contribution in [2.45, 2.75) is 13.8 Å². The fraction of sp³-hybridized carbons (Fsp3) is 0.545. The maximum Gasteiger partial charge on any atom is 0.245 e. The number of thioether (sulfide) groups is 1. The quantitative estimate of drug-likeness (QED) is 0.635. The van der Waals surface area contributed by atoms with Gasteiger partial charge in [-0.25, -0.2) is 0 Å². The van der Waals surface area contributed by atoms with Crippen molar-refractivity contribution < 1.29 is 4.79 Å². The molecule has 5 heteroatoms. The van der Waals surface area contributed by atoms with Crippen LogP contribution < -0.4 is 0 Å². The van der Waals surface area contributed by atoms with E-state index in [1.54, 1.807) is 18.7 Å². The normalized spacial score (nSPS) is 27.4. The van der Waals surface area contributed by atoms with Gasteiger partial charge < -0.3 is 4.90 Å². The molecule has 1 saturated heterocycles. The number of nitriles is 2. The summed E-state index contributed by atoms with van der Waals surface area (Å²) >= 11 is 1.53. The van der Waals surface area contributed by atoms with Crippen LogP contribution in [0.2, 0.25) is 0 Å². The molecule has 4 nitrogen and oxygen atoms in total. The second-order valence-electron chi connectivity index (χ2n) is 4.41. The van der Waals surface area contributed by atoms with Gasteiger partial charge in [-0.3, -0.25) is 4.79 Å². The van der Waals surface area contributed by atoms with E-state index in [-0.39, 0.29) is 5.91 Å². The molecular formula is C11H11N3OS. The minimum atomic E-state index is -0.746. The fourth-order valence-electron chi connectivity index (χ4n) is 2.12. The van der Waals surface area contributed by atoms with Crippen molar-refractivity contribution in [2.24, 2.45) is 11.3 Å². The predicted octanol–water partition coefficient (Wildman–Crippen LogP) is 1.48. The monoisotopic (exact) mass is 233 g/mol. The highest BCUT2D eigenvalue weighted by atomic mass is 32.2. The van der Waals surface area contributed by atoms with Crippen LogP contribution in [0.1, 0.15) is 13.8 Å². The smallest absolute Gasteiger partial charge is 0.245 e. The van der Waals surface area contributed by atoms with E-state index in [1.165, 1.54) is 11.8 Å². The number of allylic oxidation sites excluding steroid dienone is 1. The molecule has 82 valence electrons. The first kappa shape index (κ1) is 11.0. The van der Waals surface area contributed by atoms with E-state index in [0.717, 1.165) is 10.8 Å². The van der Waals surface area contributed by atoms with Crippen molar-refractivity contribution in [2.75, 3.05) is 12.3 Å². The molecule has 0 unspecified atom stereocenters. The molecule has 2 aliphatic rings. The van der Waals surface area contributed by atoms with Crippen LogP contribution in [0, 0.1) is 34.0 Å². The minimum absolute atomic E-state index is 0.161. The summed E-state index contributed by atoms with van der Waals surface area (Å²) in [4.78, 5) is 13.6. The zero-order valence-corrected chi connectivity index (χ0v) is 9.97. The highest BCUT2D eigenvalue weighted by Gasteiger charge is 2.49. The maximum atomic E-state index is 12.1. The van der Waals surface area contributed by atoms with Crippen LogP contribution in [0.4, 0.5) is 0 Å². The Labute approximate surface area is 98.5 Å². The summed E-state index contributed by atoms with van der Waals surface area (Å²) < 4.78 is 0. The number of rotatable bonds is 0. The zero-order chi connectivity index (χ0) is 11.9. The van der Waals surface area contributed by atoms with Gasteiger partial charge >= 0.3 is 0 Å². The van der Waals surface area contributed by atoms with Crippen LogP contribution in [-0.4, -0.2) is 23.1 Å². The van der Waals surface area contributed by atoms with Crippen molar-refractivity contribution in [1.29, 1.82) is 10.5 Å². The molecule has 2 aliphatic heterocycles. The molecule has 0 aliphatic carbocycles. The van der Waals surface area contributed by atoms with E-state index in [4.69, 9.17) is 5.26 Å². The van der Waals surface area contributed by atoms with Gasteiger partial charge in [0.05, 0.1) is 22.7 Å². The first-order chi connectivity index (χ1) is 7.54. The Morgan fingerprint density at radius 1 is 1.50 bits per heavy atom. The highest BCUT2D eigenvalue weighted by Crippen LogP contribution is 2.47. The zero-order valence-electron chi connectivity index (χ0n) is 9.15. The van der Waals surface area contributed by atoms with Gasteiger partial charge in [-0.2, -0.15) is 10.5 Å². The number of carbonyl (C=O) groups excluding carboxylic acids is 1.